The van der Waals surface area contributed by atoms with Gasteiger partial charge in [0.05, 0.1) is 12.7 Å². The van der Waals surface area contributed by atoms with Crippen molar-refractivity contribution in [3.8, 4) is 0 Å². The number of aliphatic hydroxyl groups excluding tert-OH is 2. The molecule has 0 saturated heterocycles. The van der Waals surface area contributed by atoms with Gasteiger partial charge < -0.3 is 10.2 Å². The van der Waals surface area contributed by atoms with E-state index in [0.717, 1.165) is 12.1 Å². The fraction of sp³-hybridized carbons (Fsp3) is 0.294. The molecule has 0 amide bonds. The summed E-state index contributed by atoms with van der Waals surface area (Å²) >= 11 is 0. The molecule has 1 atom stereocenters. The summed E-state index contributed by atoms with van der Waals surface area (Å²) < 4.78 is 0. The van der Waals surface area contributed by atoms with Gasteiger partial charge in [-0.1, -0.05) is 60.7 Å². The molecule has 0 bridgehead atoms. The Morgan fingerprint density at radius 3 is 2.10 bits per heavy atom. The molecule has 0 aromatic heterocycles. The second-order valence-corrected chi connectivity index (χ2v) is 4.87. The molecule has 0 spiro atoms. The number of hydrogen-bond acceptors (Lipinski definition) is 3. The molecule has 0 aliphatic carbocycles. The van der Waals surface area contributed by atoms with Gasteiger partial charge in [-0.15, -0.1) is 0 Å². The molecule has 0 heterocycles. The number of benzene rings is 2. The van der Waals surface area contributed by atoms with Crippen molar-refractivity contribution >= 4 is 0 Å². The highest BCUT2D eigenvalue weighted by atomic mass is 16.3. The Morgan fingerprint density at radius 1 is 0.900 bits per heavy atom. The molecule has 20 heavy (non-hydrogen) atoms. The molecule has 2 rings (SSSR count). The molecule has 0 aliphatic rings. The molecule has 0 unspecified atom stereocenters. The standard InChI is InChI=1S/C17H21NO2/c19-12-11-18(13-15-7-3-1-4-8-15)14-17(20)16-9-5-2-6-10-16/h1-10,17,19-20H,11-14H2/t17-/m1/s1. The molecular formula is C17H21NO2. The Kier molecular flexibility index (Phi) is 5.74. The molecule has 0 radical (unpaired) electrons. The van der Waals surface area contributed by atoms with Crippen LogP contribution in [0.3, 0.4) is 0 Å². The first-order valence-electron chi connectivity index (χ1n) is 6.89. The van der Waals surface area contributed by atoms with Crippen molar-refractivity contribution < 1.29 is 10.2 Å². The van der Waals surface area contributed by atoms with Gasteiger partial charge in [0.25, 0.3) is 0 Å². The normalized spacial score (nSPS) is 12.6. The molecule has 3 nitrogen and oxygen atoms in total. The van der Waals surface area contributed by atoms with Gasteiger partial charge in [-0.05, 0) is 11.1 Å². The van der Waals surface area contributed by atoms with Crippen LogP contribution in [0.4, 0.5) is 0 Å². The van der Waals surface area contributed by atoms with Crippen molar-refractivity contribution in [2.24, 2.45) is 0 Å². The van der Waals surface area contributed by atoms with Crippen molar-refractivity contribution in [1.29, 1.82) is 0 Å². The van der Waals surface area contributed by atoms with Gasteiger partial charge in [-0.3, -0.25) is 4.90 Å². The molecule has 2 aromatic carbocycles. The van der Waals surface area contributed by atoms with Crippen LogP contribution in [0.5, 0.6) is 0 Å². The van der Waals surface area contributed by atoms with Crippen LogP contribution in [0.2, 0.25) is 0 Å². The monoisotopic (exact) mass is 271 g/mol. The summed E-state index contributed by atoms with van der Waals surface area (Å²) in [5, 5.41) is 19.4. The third kappa shape index (κ3) is 4.46. The number of aliphatic hydroxyl groups is 2. The maximum atomic E-state index is 10.3. The minimum atomic E-state index is -0.536. The van der Waals surface area contributed by atoms with Crippen LogP contribution in [0.1, 0.15) is 17.2 Å². The van der Waals surface area contributed by atoms with E-state index in [-0.39, 0.29) is 6.61 Å². The van der Waals surface area contributed by atoms with Crippen molar-refractivity contribution in [2.45, 2.75) is 12.6 Å². The minimum Gasteiger partial charge on any atom is -0.395 e. The van der Waals surface area contributed by atoms with Gasteiger partial charge >= 0.3 is 0 Å². The molecule has 2 N–H and O–H groups in total. The lowest BCUT2D eigenvalue weighted by Gasteiger charge is -2.24. The molecule has 0 saturated carbocycles. The van der Waals surface area contributed by atoms with Gasteiger partial charge in [-0.25, -0.2) is 0 Å². The maximum absolute atomic E-state index is 10.3. The van der Waals surface area contributed by atoms with Crippen molar-refractivity contribution in [3.05, 3.63) is 71.8 Å². The van der Waals surface area contributed by atoms with E-state index in [1.165, 1.54) is 5.56 Å². The van der Waals surface area contributed by atoms with E-state index >= 15 is 0 Å². The van der Waals surface area contributed by atoms with Crippen LogP contribution in [-0.2, 0) is 6.54 Å². The zero-order valence-corrected chi connectivity index (χ0v) is 11.5. The highest BCUT2D eigenvalue weighted by molar-refractivity contribution is 5.18. The second kappa shape index (κ2) is 7.80. The van der Waals surface area contributed by atoms with Crippen LogP contribution < -0.4 is 0 Å². The van der Waals surface area contributed by atoms with Crippen molar-refractivity contribution in [3.63, 3.8) is 0 Å². The predicted octanol–water partition coefficient (Wildman–Crippen LogP) is 2.21. The van der Waals surface area contributed by atoms with Crippen LogP contribution in [-0.4, -0.2) is 34.8 Å². The van der Waals surface area contributed by atoms with E-state index in [9.17, 15) is 10.2 Å². The zero-order chi connectivity index (χ0) is 14.2. The Balaban J connectivity index is 1.98. The Hall–Kier alpha value is -1.68. The van der Waals surface area contributed by atoms with Crippen molar-refractivity contribution in [2.75, 3.05) is 19.7 Å². The van der Waals surface area contributed by atoms with E-state index in [4.69, 9.17) is 0 Å². The number of hydrogen-bond donors (Lipinski definition) is 2. The highest BCUT2D eigenvalue weighted by Gasteiger charge is 2.13. The van der Waals surface area contributed by atoms with E-state index in [1.807, 2.05) is 48.5 Å². The third-order valence-electron chi connectivity index (χ3n) is 3.28. The first kappa shape index (κ1) is 14.7. The average molecular weight is 271 g/mol. The van der Waals surface area contributed by atoms with Crippen molar-refractivity contribution in [1.82, 2.24) is 4.90 Å². The molecule has 3 heteroatoms. The van der Waals surface area contributed by atoms with Crippen LogP contribution >= 0.6 is 0 Å². The summed E-state index contributed by atoms with van der Waals surface area (Å²) in [7, 11) is 0. The van der Waals surface area contributed by atoms with Gasteiger partial charge in [-0.2, -0.15) is 0 Å². The predicted molar refractivity (Wildman–Crippen MR) is 80.2 cm³/mol. The quantitative estimate of drug-likeness (QED) is 0.811. The third-order valence-corrected chi connectivity index (χ3v) is 3.28. The summed E-state index contributed by atoms with van der Waals surface area (Å²) in [4.78, 5) is 2.06. The van der Waals surface area contributed by atoms with E-state index in [2.05, 4.69) is 17.0 Å². The lowest BCUT2D eigenvalue weighted by Crippen LogP contribution is -2.31. The van der Waals surface area contributed by atoms with Gasteiger partial charge in [0.15, 0.2) is 0 Å². The Morgan fingerprint density at radius 2 is 1.50 bits per heavy atom. The lowest BCUT2D eigenvalue weighted by molar-refractivity contribution is 0.0957. The van der Waals surface area contributed by atoms with Gasteiger partial charge in [0.1, 0.15) is 0 Å². The Labute approximate surface area is 120 Å². The number of nitrogens with zero attached hydrogens (tertiary/aromatic N) is 1. The van der Waals surface area contributed by atoms with Crippen LogP contribution in [0.25, 0.3) is 0 Å². The molecule has 0 fully saturated rings. The second-order valence-electron chi connectivity index (χ2n) is 4.87. The van der Waals surface area contributed by atoms with Gasteiger partial charge in [0.2, 0.25) is 0 Å². The summed E-state index contributed by atoms with van der Waals surface area (Å²) in [5.74, 6) is 0. The summed E-state index contributed by atoms with van der Waals surface area (Å²) in [5.41, 5.74) is 2.09. The fourth-order valence-corrected chi connectivity index (χ4v) is 2.24. The fourth-order valence-electron chi connectivity index (χ4n) is 2.24. The molecule has 2 aromatic rings. The Bertz CT molecular complexity index is 487. The average Bonchev–Trinajstić information content (AvgIpc) is 2.49. The van der Waals surface area contributed by atoms with Crippen LogP contribution in [0, 0.1) is 0 Å². The number of rotatable bonds is 7. The SMILES string of the molecule is OCCN(Cc1ccccc1)C[C@@H](O)c1ccccc1. The summed E-state index contributed by atoms with van der Waals surface area (Å²) in [6.45, 7) is 1.89. The molecule has 0 aliphatic heterocycles. The summed E-state index contributed by atoms with van der Waals surface area (Å²) in [6, 6.07) is 19.7. The van der Waals surface area contributed by atoms with E-state index in [0.29, 0.717) is 13.1 Å². The summed E-state index contributed by atoms with van der Waals surface area (Å²) in [6.07, 6.45) is -0.536. The van der Waals surface area contributed by atoms with E-state index in [1.54, 1.807) is 0 Å². The first-order chi connectivity index (χ1) is 9.79. The lowest BCUT2D eigenvalue weighted by atomic mass is 10.1. The van der Waals surface area contributed by atoms with Crippen LogP contribution in [0.15, 0.2) is 60.7 Å². The topological polar surface area (TPSA) is 43.7 Å². The first-order valence-corrected chi connectivity index (χ1v) is 6.89. The molecular weight excluding hydrogens is 250 g/mol. The molecule has 106 valence electrons. The minimum absolute atomic E-state index is 0.0916. The van der Waals surface area contributed by atoms with E-state index < -0.39 is 6.10 Å². The maximum Gasteiger partial charge on any atom is 0.0917 e. The van der Waals surface area contributed by atoms with Gasteiger partial charge in [0, 0.05) is 19.6 Å². The zero-order valence-electron chi connectivity index (χ0n) is 11.5. The largest absolute Gasteiger partial charge is 0.395 e. The highest BCUT2D eigenvalue weighted by Crippen LogP contribution is 2.15. The smallest absolute Gasteiger partial charge is 0.0917 e.